The molecule has 3 saturated heterocycles. The van der Waals surface area contributed by atoms with E-state index in [2.05, 4.69) is 10.6 Å². The van der Waals surface area contributed by atoms with Crippen molar-refractivity contribution in [2.45, 2.75) is 88.5 Å². The van der Waals surface area contributed by atoms with Gasteiger partial charge in [0.25, 0.3) is 0 Å². The molecule has 0 aromatic carbocycles. The number of carbonyl (C=O) groups is 3. The van der Waals surface area contributed by atoms with Gasteiger partial charge in [-0.2, -0.15) is 0 Å². The maximum Gasteiger partial charge on any atom is 0.246 e. The van der Waals surface area contributed by atoms with Crippen molar-refractivity contribution < 1.29 is 24.2 Å². The van der Waals surface area contributed by atoms with Crippen LogP contribution in [0.1, 0.15) is 64.7 Å². The van der Waals surface area contributed by atoms with Crippen LogP contribution in [0.5, 0.6) is 0 Å². The van der Waals surface area contributed by atoms with Crippen LogP contribution in [0.2, 0.25) is 0 Å². The summed E-state index contributed by atoms with van der Waals surface area (Å²) in [6.07, 6.45) is 7.56. The Morgan fingerprint density at radius 2 is 1.97 bits per heavy atom. The van der Waals surface area contributed by atoms with E-state index in [0.29, 0.717) is 32.4 Å². The summed E-state index contributed by atoms with van der Waals surface area (Å²) in [5.41, 5.74) is -0.926. The molecule has 4 fully saturated rings. The van der Waals surface area contributed by atoms with E-state index in [1.54, 1.807) is 4.90 Å². The van der Waals surface area contributed by atoms with E-state index in [4.69, 9.17) is 4.74 Å². The van der Waals surface area contributed by atoms with E-state index in [9.17, 15) is 19.5 Å². The molecule has 0 aromatic rings. The monoisotopic (exact) mass is 421 g/mol. The number of nitrogens with zero attached hydrogens (tertiary/aromatic N) is 1. The maximum absolute atomic E-state index is 13.5. The fourth-order valence-corrected chi connectivity index (χ4v) is 6.13. The molecule has 0 radical (unpaired) electrons. The van der Waals surface area contributed by atoms with Crippen molar-refractivity contribution in [2.75, 3.05) is 19.7 Å². The number of fused-ring (bicyclic) bond motifs is 1. The first-order valence-electron chi connectivity index (χ1n) is 11.7. The first kappa shape index (κ1) is 21.6. The first-order valence-corrected chi connectivity index (χ1v) is 11.7. The number of rotatable bonds is 8. The Labute approximate surface area is 178 Å². The van der Waals surface area contributed by atoms with Gasteiger partial charge in [-0.05, 0) is 38.5 Å². The molecule has 1 aliphatic carbocycles. The normalized spacial score (nSPS) is 35.5. The number of nitrogens with one attached hydrogen (secondary N) is 2. The van der Waals surface area contributed by atoms with Gasteiger partial charge in [-0.1, -0.05) is 26.2 Å². The summed E-state index contributed by atoms with van der Waals surface area (Å²) in [6, 6.07) is -0.587. The van der Waals surface area contributed by atoms with Gasteiger partial charge in [0.15, 0.2) is 0 Å². The van der Waals surface area contributed by atoms with Crippen LogP contribution in [-0.2, 0) is 19.1 Å². The number of likely N-dealkylation sites (tertiary alicyclic amines) is 1. The summed E-state index contributed by atoms with van der Waals surface area (Å²) in [4.78, 5) is 41.4. The van der Waals surface area contributed by atoms with Crippen molar-refractivity contribution in [2.24, 2.45) is 11.8 Å². The lowest BCUT2D eigenvalue weighted by Gasteiger charge is -2.35. The third kappa shape index (κ3) is 3.51. The highest BCUT2D eigenvalue weighted by Crippen LogP contribution is 2.58. The summed E-state index contributed by atoms with van der Waals surface area (Å²) in [5.74, 6) is -1.63. The summed E-state index contributed by atoms with van der Waals surface area (Å²) in [5, 5.41) is 15.4. The highest BCUT2D eigenvalue weighted by atomic mass is 16.5. The Hall–Kier alpha value is -1.67. The van der Waals surface area contributed by atoms with Gasteiger partial charge in [-0.3, -0.25) is 14.4 Å². The van der Waals surface area contributed by atoms with E-state index in [0.717, 1.165) is 32.1 Å². The van der Waals surface area contributed by atoms with Crippen LogP contribution in [0, 0.1) is 11.8 Å². The number of hydrogen-bond donors (Lipinski definition) is 3. The summed E-state index contributed by atoms with van der Waals surface area (Å²) < 4.78 is 6.35. The zero-order valence-corrected chi connectivity index (χ0v) is 17.9. The second kappa shape index (κ2) is 8.83. The van der Waals surface area contributed by atoms with Crippen molar-refractivity contribution in [3.63, 3.8) is 0 Å². The fourth-order valence-electron chi connectivity index (χ4n) is 6.13. The molecule has 3 N–H and O–H groups in total. The Morgan fingerprint density at radius 3 is 2.67 bits per heavy atom. The lowest BCUT2D eigenvalue weighted by molar-refractivity contribution is -0.142. The minimum atomic E-state index is -0.926. The van der Waals surface area contributed by atoms with E-state index in [1.807, 2.05) is 6.92 Å². The number of ether oxygens (including phenoxy) is 1. The number of aliphatic hydroxyl groups is 1. The molecule has 4 rings (SSSR count). The molecule has 8 nitrogen and oxygen atoms in total. The molecule has 168 valence electrons. The minimum Gasteiger partial charge on any atom is -0.396 e. The van der Waals surface area contributed by atoms with E-state index in [1.165, 1.54) is 6.42 Å². The first-order chi connectivity index (χ1) is 14.5. The predicted molar refractivity (Wildman–Crippen MR) is 109 cm³/mol. The molecular weight excluding hydrogens is 386 g/mol. The lowest BCUT2D eigenvalue weighted by Crippen LogP contribution is -2.57. The van der Waals surface area contributed by atoms with E-state index >= 15 is 0 Å². The largest absolute Gasteiger partial charge is 0.396 e. The molecule has 1 spiro atoms. The highest BCUT2D eigenvalue weighted by molar-refractivity contribution is 5.99. The van der Waals surface area contributed by atoms with Gasteiger partial charge in [0.05, 0.1) is 17.9 Å². The van der Waals surface area contributed by atoms with E-state index in [-0.39, 0.29) is 36.5 Å². The highest BCUT2D eigenvalue weighted by Gasteiger charge is 2.74. The average Bonchev–Trinajstić information content (AvgIpc) is 3.38. The van der Waals surface area contributed by atoms with Crippen LogP contribution in [0.15, 0.2) is 0 Å². The van der Waals surface area contributed by atoms with Gasteiger partial charge in [-0.15, -0.1) is 0 Å². The molecule has 8 heteroatoms. The Balaban J connectivity index is 1.60. The lowest BCUT2D eigenvalue weighted by atomic mass is 9.70. The maximum atomic E-state index is 13.5. The zero-order chi connectivity index (χ0) is 21.3. The molecule has 3 heterocycles. The van der Waals surface area contributed by atoms with Crippen molar-refractivity contribution in [1.29, 1.82) is 0 Å². The minimum absolute atomic E-state index is 0.0533. The molecule has 2 bridgehead atoms. The van der Waals surface area contributed by atoms with Crippen molar-refractivity contribution in [3.05, 3.63) is 0 Å². The van der Waals surface area contributed by atoms with Gasteiger partial charge >= 0.3 is 0 Å². The van der Waals surface area contributed by atoms with Gasteiger partial charge in [0.2, 0.25) is 17.7 Å². The smallest absolute Gasteiger partial charge is 0.246 e. The SMILES string of the molecule is CCCNC(=O)[C@@H]1[C@H]2C(=O)N(CCCO)C(C(=O)NC3CCCCC3)C23CC[C@H]1O3. The topological polar surface area (TPSA) is 108 Å². The standard InChI is InChI=1S/C22H35N3O5/c1-2-11-23-19(27)16-15-9-10-22(30-15)17(16)21(29)25(12-6-13-26)18(22)20(28)24-14-7-4-3-5-8-14/h14-18,26H,2-13H2,1H3,(H,23,27)(H,24,28)/t15-,16+,17+,18?,22?/m1/s1. The van der Waals surface area contributed by atoms with Crippen LogP contribution in [0.25, 0.3) is 0 Å². The van der Waals surface area contributed by atoms with Crippen LogP contribution in [0.4, 0.5) is 0 Å². The van der Waals surface area contributed by atoms with Crippen LogP contribution >= 0.6 is 0 Å². The van der Waals surface area contributed by atoms with Gasteiger partial charge in [-0.25, -0.2) is 0 Å². The van der Waals surface area contributed by atoms with Gasteiger partial charge in [0.1, 0.15) is 11.6 Å². The number of amides is 3. The quantitative estimate of drug-likeness (QED) is 0.535. The van der Waals surface area contributed by atoms with Gasteiger partial charge in [0, 0.05) is 25.7 Å². The number of hydrogen-bond acceptors (Lipinski definition) is 5. The molecule has 1 saturated carbocycles. The second-order valence-corrected chi connectivity index (χ2v) is 9.30. The van der Waals surface area contributed by atoms with Crippen LogP contribution < -0.4 is 10.6 Å². The Bertz CT molecular complexity index is 680. The van der Waals surface area contributed by atoms with Crippen molar-refractivity contribution in [3.8, 4) is 0 Å². The van der Waals surface area contributed by atoms with Crippen molar-refractivity contribution in [1.82, 2.24) is 15.5 Å². The number of aliphatic hydroxyl groups excluding tert-OH is 1. The predicted octanol–water partition coefficient (Wildman–Crippen LogP) is 0.719. The molecule has 30 heavy (non-hydrogen) atoms. The Morgan fingerprint density at radius 1 is 1.20 bits per heavy atom. The third-order valence-corrected chi connectivity index (χ3v) is 7.41. The Kier molecular flexibility index (Phi) is 6.34. The van der Waals surface area contributed by atoms with Crippen molar-refractivity contribution >= 4 is 17.7 Å². The second-order valence-electron chi connectivity index (χ2n) is 9.30. The molecule has 3 aliphatic heterocycles. The molecule has 5 atom stereocenters. The summed E-state index contributed by atoms with van der Waals surface area (Å²) in [6.45, 7) is 2.80. The number of carbonyl (C=O) groups excluding carboxylic acids is 3. The molecule has 2 unspecified atom stereocenters. The van der Waals surface area contributed by atoms with Crippen LogP contribution in [-0.4, -0.2) is 71.2 Å². The molecule has 4 aliphatic rings. The molecular formula is C22H35N3O5. The zero-order valence-electron chi connectivity index (χ0n) is 17.9. The summed E-state index contributed by atoms with van der Waals surface area (Å²) >= 11 is 0. The van der Waals surface area contributed by atoms with Crippen LogP contribution in [0.3, 0.4) is 0 Å². The molecule has 3 amide bonds. The average molecular weight is 422 g/mol. The summed E-state index contributed by atoms with van der Waals surface area (Å²) in [7, 11) is 0. The van der Waals surface area contributed by atoms with E-state index < -0.39 is 23.5 Å². The molecule has 0 aromatic heterocycles. The van der Waals surface area contributed by atoms with Gasteiger partial charge < -0.3 is 25.4 Å². The third-order valence-electron chi connectivity index (χ3n) is 7.41. The fraction of sp³-hybridized carbons (Fsp3) is 0.864.